The first kappa shape index (κ1) is 16.4. The van der Waals surface area contributed by atoms with Crippen LogP contribution in [0, 0.1) is 0 Å². The molecule has 0 heterocycles. The molecule has 0 fully saturated rings. The van der Waals surface area contributed by atoms with Gasteiger partial charge in [-0.15, -0.1) is 0 Å². The molecule has 0 saturated heterocycles. The zero-order valence-corrected chi connectivity index (χ0v) is 13.8. The lowest BCUT2D eigenvalue weighted by Crippen LogP contribution is -2.37. The zero-order chi connectivity index (χ0) is 15.8. The van der Waals surface area contributed by atoms with E-state index < -0.39 is 0 Å². The minimum atomic E-state index is 0.505. The van der Waals surface area contributed by atoms with Gasteiger partial charge in [-0.25, -0.2) is 0 Å². The van der Waals surface area contributed by atoms with Crippen LogP contribution >= 0.6 is 0 Å². The van der Waals surface area contributed by atoms with Crippen molar-refractivity contribution in [1.82, 2.24) is 0 Å². The normalized spacial score (nSPS) is 10.3. The fraction of sp³-hybridized carbons (Fsp3) is 0.300. The molecule has 22 heavy (non-hydrogen) atoms. The van der Waals surface area contributed by atoms with E-state index in [9.17, 15) is 0 Å². The van der Waals surface area contributed by atoms with Gasteiger partial charge >= 0.3 is 0 Å². The van der Waals surface area contributed by atoms with E-state index in [1.165, 1.54) is 36.7 Å². The summed E-state index contributed by atoms with van der Waals surface area (Å²) in [5.74, 6) is 0. The summed E-state index contributed by atoms with van der Waals surface area (Å²) in [5.41, 5.74) is 3.53. The number of rotatable bonds is 8. The van der Waals surface area contributed by atoms with Gasteiger partial charge < -0.3 is 4.81 Å². The molecule has 114 valence electrons. The predicted molar refractivity (Wildman–Crippen MR) is 100 cm³/mol. The first-order valence-electron chi connectivity index (χ1n) is 8.36. The van der Waals surface area contributed by atoms with Crippen LogP contribution in [0.25, 0.3) is 5.70 Å². The van der Waals surface area contributed by atoms with E-state index in [1.54, 1.807) is 0 Å². The Bertz CT molecular complexity index is 559. The molecule has 0 saturated carbocycles. The molecule has 0 aromatic heterocycles. The maximum atomic E-state index is 4.41. The Kier molecular flexibility index (Phi) is 6.33. The molecular weight excluding hydrogens is 265 g/mol. The standard InChI is InChI=1S/C20H26BN/c1-4-16-21(17-5-2)22(20-14-10-7-11-15-20)18(3)19-12-8-6-9-13-19/h6-15H,3-5,16-17H2,1-2H3. The fourth-order valence-corrected chi connectivity index (χ4v) is 3.01. The Morgan fingerprint density at radius 3 is 1.86 bits per heavy atom. The SMILES string of the molecule is C=C(c1ccccc1)N(B(CCC)CCC)c1ccccc1. The van der Waals surface area contributed by atoms with Crippen molar-refractivity contribution in [2.75, 3.05) is 4.81 Å². The van der Waals surface area contributed by atoms with Gasteiger partial charge in [-0.05, 0) is 17.7 Å². The summed E-state index contributed by atoms with van der Waals surface area (Å²) in [5, 5.41) is 0. The number of hydrogen-bond donors (Lipinski definition) is 0. The summed E-state index contributed by atoms with van der Waals surface area (Å²) in [6.07, 6.45) is 4.76. The third kappa shape index (κ3) is 4.04. The van der Waals surface area contributed by atoms with E-state index in [0.29, 0.717) is 6.85 Å². The Balaban J connectivity index is 2.38. The quantitative estimate of drug-likeness (QED) is 0.541. The third-order valence-corrected chi connectivity index (χ3v) is 4.04. The van der Waals surface area contributed by atoms with Gasteiger partial charge in [0.15, 0.2) is 0 Å². The Morgan fingerprint density at radius 2 is 1.36 bits per heavy atom. The van der Waals surface area contributed by atoms with Crippen LogP contribution in [-0.2, 0) is 0 Å². The lowest BCUT2D eigenvalue weighted by Gasteiger charge is -2.33. The zero-order valence-electron chi connectivity index (χ0n) is 13.8. The summed E-state index contributed by atoms with van der Waals surface area (Å²) < 4.78 is 0. The van der Waals surface area contributed by atoms with E-state index in [1.807, 2.05) is 0 Å². The van der Waals surface area contributed by atoms with Crippen LogP contribution in [0.5, 0.6) is 0 Å². The van der Waals surface area contributed by atoms with Crippen LogP contribution < -0.4 is 4.81 Å². The Morgan fingerprint density at radius 1 is 0.864 bits per heavy atom. The molecule has 0 N–H and O–H groups in total. The highest BCUT2D eigenvalue weighted by molar-refractivity contribution is 6.65. The van der Waals surface area contributed by atoms with Crippen molar-refractivity contribution in [3.8, 4) is 0 Å². The van der Waals surface area contributed by atoms with Crippen molar-refractivity contribution in [2.45, 2.75) is 39.3 Å². The molecule has 0 aliphatic carbocycles. The summed E-state index contributed by atoms with van der Waals surface area (Å²) in [7, 11) is 0. The number of para-hydroxylation sites is 1. The topological polar surface area (TPSA) is 3.24 Å². The van der Waals surface area contributed by atoms with Crippen molar-refractivity contribution in [3.63, 3.8) is 0 Å². The van der Waals surface area contributed by atoms with Crippen LogP contribution in [0.4, 0.5) is 5.69 Å². The Hall–Kier alpha value is -1.96. The average molecular weight is 291 g/mol. The van der Waals surface area contributed by atoms with Crippen molar-refractivity contribution in [3.05, 3.63) is 72.8 Å². The molecule has 0 aliphatic heterocycles. The molecule has 0 bridgehead atoms. The largest absolute Gasteiger partial charge is 0.386 e. The predicted octanol–water partition coefficient (Wildman–Crippen LogP) is 5.98. The molecule has 0 radical (unpaired) electrons. The van der Waals surface area contributed by atoms with Crippen molar-refractivity contribution < 1.29 is 0 Å². The average Bonchev–Trinajstić information content (AvgIpc) is 2.57. The van der Waals surface area contributed by atoms with Gasteiger partial charge in [-0.1, -0.05) is 94.4 Å². The molecule has 0 atom stereocenters. The van der Waals surface area contributed by atoms with E-state index in [4.69, 9.17) is 0 Å². The molecule has 0 unspecified atom stereocenters. The van der Waals surface area contributed by atoms with Crippen molar-refractivity contribution in [1.29, 1.82) is 0 Å². The van der Waals surface area contributed by atoms with Crippen molar-refractivity contribution >= 4 is 18.2 Å². The van der Waals surface area contributed by atoms with Crippen molar-refractivity contribution in [2.24, 2.45) is 0 Å². The maximum Gasteiger partial charge on any atom is 0.260 e. The molecule has 2 aromatic rings. The fourth-order valence-electron chi connectivity index (χ4n) is 3.01. The second-order valence-corrected chi connectivity index (χ2v) is 5.75. The van der Waals surface area contributed by atoms with E-state index >= 15 is 0 Å². The summed E-state index contributed by atoms with van der Waals surface area (Å²) in [4.78, 5) is 2.43. The van der Waals surface area contributed by atoms with Gasteiger partial charge in [0.2, 0.25) is 0 Å². The molecule has 1 nitrogen and oxygen atoms in total. The minimum absolute atomic E-state index is 0.505. The molecule has 0 aliphatic rings. The second kappa shape index (κ2) is 8.48. The third-order valence-electron chi connectivity index (χ3n) is 4.04. The summed E-state index contributed by atoms with van der Waals surface area (Å²) in [6.45, 7) is 9.44. The van der Waals surface area contributed by atoms with Gasteiger partial charge in [-0.3, -0.25) is 0 Å². The number of hydrogen-bond acceptors (Lipinski definition) is 1. The summed E-state index contributed by atoms with van der Waals surface area (Å²) in [6, 6.07) is 21.2. The number of nitrogens with zero attached hydrogens (tertiary/aromatic N) is 1. The monoisotopic (exact) mass is 291 g/mol. The summed E-state index contributed by atoms with van der Waals surface area (Å²) >= 11 is 0. The lowest BCUT2D eigenvalue weighted by molar-refractivity contribution is 0.991. The molecular formula is C20H26BN. The highest BCUT2D eigenvalue weighted by Gasteiger charge is 2.24. The van der Waals surface area contributed by atoms with Gasteiger partial charge in [-0.2, -0.15) is 0 Å². The number of benzene rings is 2. The first-order valence-corrected chi connectivity index (χ1v) is 8.36. The van der Waals surface area contributed by atoms with Crippen LogP contribution in [0.1, 0.15) is 32.3 Å². The highest BCUT2D eigenvalue weighted by Crippen LogP contribution is 2.29. The Labute approximate surface area is 135 Å². The molecule has 0 amide bonds. The van der Waals surface area contributed by atoms with Gasteiger partial charge in [0.05, 0.1) is 0 Å². The van der Waals surface area contributed by atoms with Crippen LogP contribution in [0.3, 0.4) is 0 Å². The lowest BCUT2D eigenvalue weighted by atomic mass is 9.52. The van der Waals surface area contributed by atoms with E-state index in [2.05, 4.69) is 85.9 Å². The van der Waals surface area contributed by atoms with E-state index in [-0.39, 0.29) is 0 Å². The molecule has 0 spiro atoms. The van der Waals surface area contributed by atoms with Gasteiger partial charge in [0, 0.05) is 11.4 Å². The van der Waals surface area contributed by atoms with Gasteiger partial charge in [0.1, 0.15) is 0 Å². The minimum Gasteiger partial charge on any atom is -0.386 e. The highest BCUT2D eigenvalue weighted by atomic mass is 15.1. The first-order chi connectivity index (χ1) is 10.8. The smallest absolute Gasteiger partial charge is 0.260 e. The second-order valence-electron chi connectivity index (χ2n) is 5.75. The van der Waals surface area contributed by atoms with Crippen LogP contribution in [-0.4, -0.2) is 6.85 Å². The van der Waals surface area contributed by atoms with E-state index in [0.717, 1.165) is 5.70 Å². The maximum absolute atomic E-state index is 4.41. The van der Waals surface area contributed by atoms with Crippen LogP contribution in [0.15, 0.2) is 67.2 Å². The van der Waals surface area contributed by atoms with Crippen LogP contribution in [0.2, 0.25) is 12.6 Å². The number of anilines is 1. The molecule has 2 rings (SSSR count). The molecule has 2 heteroatoms. The molecule has 2 aromatic carbocycles. The van der Waals surface area contributed by atoms with Gasteiger partial charge in [0.25, 0.3) is 6.85 Å².